The van der Waals surface area contributed by atoms with Crippen LogP contribution in [0.5, 0.6) is 0 Å². The number of likely N-dealkylation sites (tertiary alicyclic amines) is 1. The van der Waals surface area contributed by atoms with Crippen LogP contribution in [0.2, 0.25) is 10.0 Å². The number of rotatable bonds is 6. The smallest absolute Gasteiger partial charge is 0.322 e. The lowest BCUT2D eigenvalue weighted by molar-refractivity contribution is -0.150. The summed E-state index contributed by atoms with van der Waals surface area (Å²) >= 11 is 12.0. The van der Waals surface area contributed by atoms with Gasteiger partial charge in [0, 0.05) is 39.4 Å². The Kier molecular flexibility index (Phi) is 7.83. The number of urea groups is 1. The number of nitrogens with one attached hydrogen (secondary N) is 1. The van der Waals surface area contributed by atoms with Crippen molar-refractivity contribution in [2.24, 2.45) is 5.41 Å². The number of likely N-dealkylation sites (N-methyl/N-ethyl adjacent to an activating group) is 1. The van der Waals surface area contributed by atoms with E-state index in [4.69, 9.17) is 23.2 Å². The molecule has 192 valence electrons. The van der Waals surface area contributed by atoms with E-state index in [1.807, 2.05) is 0 Å². The third kappa shape index (κ3) is 5.87. The van der Waals surface area contributed by atoms with Gasteiger partial charge in [-0.1, -0.05) is 23.2 Å². The molecule has 35 heavy (non-hydrogen) atoms. The minimum Gasteiger partial charge on any atom is -0.347 e. The summed E-state index contributed by atoms with van der Waals surface area (Å²) in [4.78, 5) is 46.5. The van der Waals surface area contributed by atoms with Crippen molar-refractivity contribution in [3.05, 3.63) is 28.2 Å². The maximum atomic E-state index is 13.4. The molecule has 0 aromatic heterocycles. The molecule has 2 saturated heterocycles. The molecule has 0 bridgehead atoms. The van der Waals surface area contributed by atoms with Gasteiger partial charge in [0.2, 0.25) is 11.8 Å². The number of halogens is 2. The van der Waals surface area contributed by atoms with Crippen molar-refractivity contribution >= 4 is 46.7 Å². The minimum atomic E-state index is -0.686. The second-order valence-electron chi connectivity index (χ2n) is 10.3. The van der Waals surface area contributed by atoms with Crippen molar-refractivity contribution < 1.29 is 14.4 Å². The summed E-state index contributed by atoms with van der Waals surface area (Å²) < 4.78 is 0. The summed E-state index contributed by atoms with van der Waals surface area (Å²) in [7, 11) is 3.45. The molecule has 0 radical (unpaired) electrons. The first-order chi connectivity index (χ1) is 16.6. The lowest BCUT2D eigenvalue weighted by atomic mass is 9.93. The molecule has 4 amide bonds. The maximum Gasteiger partial charge on any atom is 0.322 e. The first kappa shape index (κ1) is 26.0. The van der Waals surface area contributed by atoms with Crippen LogP contribution in [0.1, 0.15) is 39.0 Å². The SMILES string of the molecule is C[C@H]1C(=O)N([C@@H](CCN2CCC3(CC2)CC3)C(=O)N(C)C)CCN1C(=O)Nc1ccc(Cl)c(Cl)c1. The van der Waals surface area contributed by atoms with E-state index < -0.39 is 12.1 Å². The first-order valence-electron chi connectivity index (χ1n) is 12.4. The van der Waals surface area contributed by atoms with Crippen LogP contribution < -0.4 is 5.32 Å². The number of piperidine rings is 1. The highest BCUT2D eigenvalue weighted by Gasteiger charge is 2.45. The van der Waals surface area contributed by atoms with Gasteiger partial charge in [-0.05, 0) is 75.7 Å². The van der Waals surface area contributed by atoms with Gasteiger partial charge < -0.3 is 24.9 Å². The zero-order valence-corrected chi connectivity index (χ0v) is 22.2. The van der Waals surface area contributed by atoms with Crippen molar-refractivity contribution in [2.75, 3.05) is 52.1 Å². The lowest BCUT2D eigenvalue weighted by Crippen LogP contribution is -2.63. The number of carbonyl (C=O) groups excluding carboxylic acids is 3. The molecule has 1 saturated carbocycles. The fourth-order valence-corrected chi connectivity index (χ4v) is 5.49. The monoisotopic (exact) mass is 523 g/mol. The van der Waals surface area contributed by atoms with Gasteiger partial charge in [-0.15, -0.1) is 0 Å². The Balaban J connectivity index is 1.38. The Morgan fingerprint density at radius 1 is 1.09 bits per heavy atom. The van der Waals surface area contributed by atoms with Crippen molar-refractivity contribution in [3.8, 4) is 0 Å². The number of benzene rings is 1. The fraction of sp³-hybridized carbons (Fsp3) is 0.640. The van der Waals surface area contributed by atoms with Gasteiger partial charge in [0.05, 0.1) is 10.0 Å². The minimum absolute atomic E-state index is 0.0741. The molecule has 8 nitrogen and oxygen atoms in total. The molecule has 10 heteroatoms. The lowest BCUT2D eigenvalue weighted by Gasteiger charge is -2.43. The molecular weight excluding hydrogens is 489 g/mol. The quantitative estimate of drug-likeness (QED) is 0.615. The summed E-state index contributed by atoms with van der Waals surface area (Å²) in [5.41, 5.74) is 1.11. The van der Waals surface area contributed by atoms with Gasteiger partial charge in [0.25, 0.3) is 0 Å². The molecule has 1 aliphatic carbocycles. The van der Waals surface area contributed by atoms with E-state index in [-0.39, 0.29) is 17.8 Å². The molecule has 2 heterocycles. The van der Waals surface area contributed by atoms with E-state index in [1.165, 1.54) is 30.6 Å². The molecule has 1 N–H and O–H groups in total. The zero-order chi connectivity index (χ0) is 25.3. The summed E-state index contributed by atoms with van der Waals surface area (Å²) in [6.07, 6.45) is 5.79. The van der Waals surface area contributed by atoms with E-state index in [2.05, 4.69) is 10.2 Å². The van der Waals surface area contributed by atoms with E-state index in [9.17, 15) is 14.4 Å². The van der Waals surface area contributed by atoms with E-state index in [0.717, 1.165) is 19.6 Å². The molecule has 1 spiro atoms. The predicted octanol–water partition coefficient (Wildman–Crippen LogP) is 3.78. The van der Waals surface area contributed by atoms with Crippen LogP contribution in [0, 0.1) is 5.41 Å². The van der Waals surface area contributed by atoms with Gasteiger partial charge >= 0.3 is 6.03 Å². The number of amides is 4. The van der Waals surface area contributed by atoms with E-state index in [0.29, 0.717) is 40.7 Å². The number of carbonyl (C=O) groups is 3. The Hall–Kier alpha value is -2.03. The summed E-state index contributed by atoms with van der Waals surface area (Å²) in [5.74, 6) is -0.286. The Bertz CT molecular complexity index is 974. The van der Waals surface area contributed by atoms with Gasteiger partial charge in [0.15, 0.2) is 0 Å². The van der Waals surface area contributed by atoms with Gasteiger partial charge in [-0.3, -0.25) is 9.59 Å². The van der Waals surface area contributed by atoms with Crippen LogP contribution in [-0.2, 0) is 9.59 Å². The molecule has 1 aromatic carbocycles. The molecule has 1 aromatic rings. The van der Waals surface area contributed by atoms with Gasteiger partial charge in [-0.25, -0.2) is 4.79 Å². The normalized spacial score (nSPS) is 22.8. The van der Waals surface area contributed by atoms with Crippen molar-refractivity contribution in [2.45, 2.75) is 51.1 Å². The Labute approximate surface area is 217 Å². The predicted molar refractivity (Wildman–Crippen MR) is 138 cm³/mol. The van der Waals surface area contributed by atoms with Crippen molar-refractivity contribution in [3.63, 3.8) is 0 Å². The topological polar surface area (TPSA) is 76.2 Å². The zero-order valence-electron chi connectivity index (χ0n) is 20.7. The van der Waals surface area contributed by atoms with Crippen LogP contribution in [0.25, 0.3) is 0 Å². The summed E-state index contributed by atoms with van der Waals surface area (Å²) in [6.45, 7) is 5.28. The molecule has 4 rings (SSSR count). The number of hydrogen-bond donors (Lipinski definition) is 1. The highest BCUT2D eigenvalue weighted by Crippen LogP contribution is 2.53. The van der Waals surface area contributed by atoms with Crippen LogP contribution >= 0.6 is 23.2 Å². The number of nitrogens with zero attached hydrogens (tertiary/aromatic N) is 4. The van der Waals surface area contributed by atoms with Crippen LogP contribution in [0.4, 0.5) is 10.5 Å². The van der Waals surface area contributed by atoms with E-state index >= 15 is 0 Å². The van der Waals surface area contributed by atoms with Crippen LogP contribution in [0.3, 0.4) is 0 Å². The molecule has 3 fully saturated rings. The highest BCUT2D eigenvalue weighted by molar-refractivity contribution is 6.42. The van der Waals surface area contributed by atoms with Gasteiger partial charge in [-0.2, -0.15) is 0 Å². The third-order valence-electron chi connectivity index (χ3n) is 7.82. The number of piperazine rings is 1. The Morgan fingerprint density at radius 2 is 1.77 bits per heavy atom. The average Bonchev–Trinajstić information content (AvgIpc) is 3.58. The van der Waals surface area contributed by atoms with Crippen molar-refractivity contribution in [1.82, 2.24) is 19.6 Å². The molecule has 0 unspecified atom stereocenters. The molecule has 2 atom stereocenters. The van der Waals surface area contributed by atoms with Crippen molar-refractivity contribution in [1.29, 1.82) is 0 Å². The number of anilines is 1. The second kappa shape index (κ2) is 10.5. The first-order valence-corrected chi connectivity index (χ1v) is 13.1. The van der Waals surface area contributed by atoms with Gasteiger partial charge in [0.1, 0.15) is 12.1 Å². The Morgan fingerprint density at radius 3 is 2.37 bits per heavy atom. The number of hydrogen-bond acceptors (Lipinski definition) is 4. The van der Waals surface area contributed by atoms with Crippen LogP contribution in [0.15, 0.2) is 18.2 Å². The van der Waals surface area contributed by atoms with E-state index in [1.54, 1.807) is 49.0 Å². The highest BCUT2D eigenvalue weighted by atomic mass is 35.5. The maximum absolute atomic E-state index is 13.4. The third-order valence-corrected chi connectivity index (χ3v) is 8.56. The molecular formula is C25H35Cl2N5O3. The fourth-order valence-electron chi connectivity index (χ4n) is 5.19. The molecule has 2 aliphatic heterocycles. The van der Waals surface area contributed by atoms with Crippen LogP contribution in [-0.4, -0.2) is 96.3 Å². The summed E-state index contributed by atoms with van der Waals surface area (Å²) in [6, 6.07) is 3.23. The summed E-state index contributed by atoms with van der Waals surface area (Å²) in [5, 5.41) is 3.52. The largest absolute Gasteiger partial charge is 0.347 e. The average molecular weight is 524 g/mol. The molecule has 3 aliphatic rings. The standard InChI is InChI=1S/C25H35Cl2N5O3/c1-17-22(33)32(15-14-31(17)24(35)28-18-4-5-19(26)20(27)16-18)21(23(34)29(2)3)6-11-30-12-9-25(7-8-25)10-13-30/h4-5,16-17,21H,6-15H2,1-3H3,(H,28,35)/t17-,21-/m0/s1. The second-order valence-corrected chi connectivity index (χ2v) is 11.2.